The van der Waals surface area contributed by atoms with E-state index in [9.17, 15) is 27.6 Å². The van der Waals surface area contributed by atoms with Crippen molar-refractivity contribution in [3.05, 3.63) is 0 Å². The summed E-state index contributed by atoms with van der Waals surface area (Å²) in [6.07, 6.45) is -10.8. The molecule has 0 N–H and O–H groups in total. The van der Waals surface area contributed by atoms with Crippen molar-refractivity contribution in [2.75, 3.05) is 6.61 Å². The van der Waals surface area contributed by atoms with Gasteiger partial charge in [0.05, 0.1) is 6.61 Å². The van der Waals surface area contributed by atoms with E-state index in [0.29, 0.717) is 0 Å². The van der Waals surface area contributed by atoms with Crippen LogP contribution in [0.3, 0.4) is 0 Å². The van der Waals surface area contributed by atoms with Gasteiger partial charge >= 0.3 is 24.3 Å². The third kappa shape index (κ3) is 6.40. The van der Waals surface area contributed by atoms with Crippen LogP contribution in [0.25, 0.3) is 0 Å². The molecule has 0 spiro atoms. The molecule has 11 heteroatoms. The molecule has 132 valence electrons. The van der Waals surface area contributed by atoms with Crippen molar-refractivity contribution in [1.29, 1.82) is 0 Å². The molecule has 0 aliphatic carbocycles. The van der Waals surface area contributed by atoms with Crippen LogP contribution in [0.15, 0.2) is 0 Å². The molecule has 1 heterocycles. The summed E-state index contributed by atoms with van der Waals surface area (Å²) in [5.74, 6) is -2.51. The van der Waals surface area contributed by atoms with E-state index >= 15 is 0 Å². The van der Waals surface area contributed by atoms with Crippen molar-refractivity contribution < 1.29 is 51.2 Å². The topological polar surface area (TPSA) is 97.4 Å². The zero-order chi connectivity index (χ0) is 17.8. The molecule has 0 unspecified atom stereocenters. The second-order valence-corrected chi connectivity index (χ2v) is 4.56. The van der Waals surface area contributed by atoms with Crippen molar-refractivity contribution in [2.24, 2.45) is 0 Å². The van der Waals surface area contributed by atoms with Gasteiger partial charge < -0.3 is 18.9 Å². The molecular weight excluding hydrogens is 329 g/mol. The Labute approximate surface area is 128 Å². The van der Waals surface area contributed by atoms with Gasteiger partial charge in [0, 0.05) is 20.8 Å². The average Bonchev–Trinajstić information content (AvgIpc) is 2.63. The number of esters is 3. The summed E-state index contributed by atoms with van der Waals surface area (Å²) < 4.78 is 59.6. The molecule has 0 aromatic carbocycles. The third-order valence-corrected chi connectivity index (χ3v) is 2.56. The third-order valence-electron chi connectivity index (χ3n) is 2.56. The predicted molar refractivity (Wildman–Crippen MR) is 63.5 cm³/mol. The maximum Gasteiger partial charge on any atom is 0.522 e. The molecular formula is C12H15F3O8. The molecule has 0 bridgehead atoms. The Kier molecular flexibility index (Phi) is 6.33. The molecule has 1 rings (SSSR count). The van der Waals surface area contributed by atoms with Crippen LogP contribution < -0.4 is 0 Å². The van der Waals surface area contributed by atoms with Crippen LogP contribution in [0, 0.1) is 0 Å². The number of halogens is 3. The molecule has 0 amide bonds. The number of alkyl halides is 3. The molecule has 0 aromatic heterocycles. The lowest BCUT2D eigenvalue weighted by Crippen LogP contribution is -2.42. The summed E-state index contributed by atoms with van der Waals surface area (Å²) in [6.45, 7) is 2.01. The van der Waals surface area contributed by atoms with Crippen LogP contribution in [0.2, 0.25) is 0 Å². The molecule has 1 saturated heterocycles. The van der Waals surface area contributed by atoms with E-state index in [-0.39, 0.29) is 0 Å². The summed E-state index contributed by atoms with van der Waals surface area (Å²) in [7, 11) is 0. The summed E-state index contributed by atoms with van der Waals surface area (Å²) in [5.41, 5.74) is 0. The van der Waals surface area contributed by atoms with E-state index in [1.807, 2.05) is 0 Å². The van der Waals surface area contributed by atoms with Gasteiger partial charge in [-0.25, -0.2) is 0 Å². The van der Waals surface area contributed by atoms with Crippen LogP contribution in [0.1, 0.15) is 20.8 Å². The number of carbonyl (C=O) groups excluding carboxylic acids is 3. The molecule has 23 heavy (non-hydrogen) atoms. The fraction of sp³-hybridized carbons (Fsp3) is 0.750. The van der Waals surface area contributed by atoms with Gasteiger partial charge in [0.15, 0.2) is 6.10 Å². The highest BCUT2D eigenvalue weighted by atomic mass is 19.4. The smallest absolute Gasteiger partial charge is 0.455 e. The number of hydrogen-bond donors (Lipinski definition) is 0. The highest BCUT2D eigenvalue weighted by Gasteiger charge is 2.52. The van der Waals surface area contributed by atoms with Crippen molar-refractivity contribution in [3.63, 3.8) is 0 Å². The molecule has 0 saturated carbocycles. The highest BCUT2D eigenvalue weighted by molar-refractivity contribution is 5.68. The maximum atomic E-state index is 12.2. The summed E-state index contributed by atoms with van der Waals surface area (Å²) in [4.78, 5) is 33.3. The van der Waals surface area contributed by atoms with Gasteiger partial charge in [-0.05, 0) is 0 Å². The van der Waals surface area contributed by atoms with Crippen LogP contribution >= 0.6 is 0 Å². The van der Waals surface area contributed by atoms with Gasteiger partial charge in [0.1, 0.15) is 6.10 Å². The van der Waals surface area contributed by atoms with E-state index < -0.39 is 55.5 Å². The summed E-state index contributed by atoms with van der Waals surface area (Å²) >= 11 is 0. The number of ether oxygens (including phenoxy) is 5. The molecule has 1 aliphatic heterocycles. The summed E-state index contributed by atoms with van der Waals surface area (Å²) in [6, 6.07) is 0. The fourth-order valence-corrected chi connectivity index (χ4v) is 1.91. The lowest BCUT2D eigenvalue weighted by Gasteiger charge is -2.22. The zero-order valence-electron chi connectivity index (χ0n) is 12.4. The van der Waals surface area contributed by atoms with Gasteiger partial charge in [-0.15, -0.1) is 13.2 Å². The minimum absolute atomic E-state index is 0.828. The van der Waals surface area contributed by atoms with E-state index in [2.05, 4.69) is 4.74 Å². The van der Waals surface area contributed by atoms with Crippen LogP contribution in [-0.4, -0.2) is 55.5 Å². The monoisotopic (exact) mass is 344 g/mol. The largest absolute Gasteiger partial charge is 0.522 e. The van der Waals surface area contributed by atoms with Crippen molar-refractivity contribution in [3.8, 4) is 0 Å². The van der Waals surface area contributed by atoms with Crippen LogP contribution in [0.5, 0.6) is 0 Å². The lowest BCUT2D eigenvalue weighted by molar-refractivity contribution is -0.334. The maximum absolute atomic E-state index is 12.2. The number of hydrogen-bond acceptors (Lipinski definition) is 8. The Morgan fingerprint density at radius 2 is 1.39 bits per heavy atom. The summed E-state index contributed by atoms with van der Waals surface area (Å²) in [5, 5.41) is 0. The Morgan fingerprint density at radius 1 is 0.913 bits per heavy atom. The van der Waals surface area contributed by atoms with E-state index in [1.165, 1.54) is 0 Å². The van der Waals surface area contributed by atoms with E-state index in [4.69, 9.17) is 18.9 Å². The first-order chi connectivity index (χ1) is 10.5. The minimum atomic E-state index is -4.94. The molecule has 0 radical (unpaired) electrons. The Hall–Kier alpha value is -1.88. The first-order valence-corrected chi connectivity index (χ1v) is 6.37. The predicted octanol–water partition coefficient (Wildman–Crippen LogP) is 0.674. The van der Waals surface area contributed by atoms with Crippen LogP contribution in [0.4, 0.5) is 13.2 Å². The SMILES string of the molecule is CC(=O)O[C@@H]1O[C@H](COC(F)(F)F)[C@@H](OC(C)=O)[C@H]1OC(C)=O. The average molecular weight is 344 g/mol. The molecule has 1 aliphatic rings. The highest BCUT2D eigenvalue weighted by Crippen LogP contribution is 2.30. The van der Waals surface area contributed by atoms with Crippen molar-refractivity contribution in [1.82, 2.24) is 0 Å². The second kappa shape index (κ2) is 7.59. The van der Waals surface area contributed by atoms with E-state index in [1.54, 1.807) is 0 Å². The van der Waals surface area contributed by atoms with Crippen LogP contribution in [-0.2, 0) is 38.1 Å². The normalized spacial score (nSPS) is 27.4. The van der Waals surface area contributed by atoms with Crippen molar-refractivity contribution >= 4 is 17.9 Å². The molecule has 1 fully saturated rings. The minimum Gasteiger partial charge on any atom is -0.455 e. The quantitative estimate of drug-likeness (QED) is 0.530. The Balaban J connectivity index is 2.95. The standard InChI is InChI=1S/C12H15F3O8/c1-5(16)20-9-8(4-19-12(13,14)15)23-11(22-7(3)18)10(9)21-6(2)17/h8-11H,4H2,1-3H3/t8-,9-,10-,11-/m1/s1. The second-order valence-electron chi connectivity index (χ2n) is 4.56. The lowest BCUT2D eigenvalue weighted by atomic mass is 10.1. The number of carbonyl (C=O) groups is 3. The Bertz CT molecular complexity index is 464. The van der Waals surface area contributed by atoms with Gasteiger partial charge in [0.25, 0.3) is 0 Å². The molecule has 8 nitrogen and oxygen atoms in total. The Morgan fingerprint density at radius 3 is 1.83 bits per heavy atom. The van der Waals surface area contributed by atoms with Crippen molar-refractivity contribution in [2.45, 2.75) is 51.7 Å². The van der Waals surface area contributed by atoms with E-state index in [0.717, 1.165) is 20.8 Å². The molecule has 0 aromatic rings. The molecule has 4 atom stereocenters. The zero-order valence-corrected chi connectivity index (χ0v) is 12.4. The van der Waals surface area contributed by atoms with Gasteiger partial charge in [0.2, 0.25) is 12.4 Å². The van der Waals surface area contributed by atoms with Gasteiger partial charge in [-0.1, -0.05) is 0 Å². The van der Waals surface area contributed by atoms with Gasteiger partial charge in [-0.2, -0.15) is 0 Å². The number of rotatable bonds is 5. The first kappa shape index (κ1) is 19.2. The van der Waals surface area contributed by atoms with Gasteiger partial charge in [-0.3, -0.25) is 19.1 Å². The fourth-order valence-electron chi connectivity index (χ4n) is 1.91. The first-order valence-electron chi connectivity index (χ1n) is 6.37.